The first-order valence-corrected chi connectivity index (χ1v) is 15.1. The molecule has 0 aliphatic rings. The van der Waals surface area contributed by atoms with Crippen LogP contribution < -0.4 is 0 Å². The number of hydrogen-bond donors (Lipinski definition) is 0. The lowest BCUT2D eigenvalue weighted by atomic mass is 9.97. The van der Waals surface area contributed by atoms with Gasteiger partial charge in [0.2, 0.25) is 0 Å². The van der Waals surface area contributed by atoms with Gasteiger partial charge in [0.05, 0.1) is 16.7 Å². The summed E-state index contributed by atoms with van der Waals surface area (Å²) in [5, 5.41) is 7.09. The molecule has 2 aromatic heterocycles. The SMILES string of the molecule is c1ccc(-c2nc(-c3ccccc3-n3c4ccccc4c4ccccc43)nc(-c3cc4ccccc4c4ccccc34)n2)cc1. The van der Waals surface area contributed by atoms with Crippen LogP contribution in [-0.2, 0) is 0 Å². The first-order chi connectivity index (χ1) is 22.3. The van der Waals surface area contributed by atoms with Gasteiger partial charge in [0.25, 0.3) is 0 Å². The molecule has 0 atom stereocenters. The second kappa shape index (κ2) is 10.2. The molecule has 4 nitrogen and oxygen atoms in total. The van der Waals surface area contributed by atoms with Crippen LogP contribution in [-0.4, -0.2) is 19.5 Å². The Morgan fingerprint density at radius 2 is 0.867 bits per heavy atom. The highest BCUT2D eigenvalue weighted by molar-refractivity contribution is 6.13. The Morgan fingerprint density at radius 3 is 1.60 bits per heavy atom. The Hall–Kier alpha value is -6.13. The van der Waals surface area contributed by atoms with Crippen molar-refractivity contribution >= 4 is 43.4 Å². The highest BCUT2D eigenvalue weighted by Crippen LogP contribution is 2.38. The summed E-state index contributed by atoms with van der Waals surface area (Å²) in [6.07, 6.45) is 0. The zero-order chi connectivity index (χ0) is 29.7. The van der Waals surface area contributed by atoms with Crippen molar-refractivity contribution in [2.45, 2.75) is 0 Å². The Labute approximate surface area is 259 Å². The van der Waals surface area contributed by atoms with Crippen LogP contribution >= 0.6 is 0 Å². The summed E-state index contributed by atoms with van der Waals surface area (Å²) in [5.41, 5.74) is 6.18. The maximum absolute atomic E-state index is 5.25. The third-order valence-corrected chi connectivity index (χ3v) is 8.64. The molecule has 210 valence electrons. The van der Waals surface area contributed by atoms with E-state index in [1.54, 1.807) is 0 Å². The highest BCUT2D eigenvalue weighted by Gasteiger charge is 2.20. The van der Waals surface area contributed by atoms with E-state index in [9.17, 15) is 0 Å². The Bertz CT molecular complexity index is 2490. The summed E-state index contributed by atoms with van der Waals surface area (Å²) in [5.74, 6) is 1.93. The van der Waals surface area contributed by atoms with Crippen LogP contribution in [0.15, 0.2) is 158 Å². The molecule has 0 saturated carbocycles. The summed E-state index contributed by atoms with van der Waals surface area (Å²) < 4.78 is 2.33. The third kappa shape index (κ3) is 4.11. The number of benzene rings is 7. The van der Waals surface area contributed by atoms with Crippen LogP contribution in [0.3, 0.4) is 0 Å². The topological polar surface area (TPSA) is 43.6 Å². The molecule has 0 spiro atoms. The molecule has 4 heteroatoms. The van der Waals surface area contributed by atoms with Crippen molar-refractivity contribution < 1.29 is 0 Å². The molecule has 9 aromatic rings. The van der Waals surface area contributed by atoms with Gasteiger partial charge < -0.3 is 4.57 Å². The minimum atomic E-state index is 0.633. The first kappa shape index (κ1) is 25.4. The van der Waals surface area contributed by atoms with E-state index in [4.69, 9.17) is 15.0 Å². The number of para-hydroxylation sites is 3. The monoisotopic (exact) mass is 574 g/mol. The number of rotatable bonds is 4. The van der Waals surface area contributed by atoms with Crippen molar-refractivity contribution in [2.24, 2.45) is 0 Å². The minimum Gasteiger partial charge on any atom is -0.309 e. The Kier molecular flexibility index (Phi) is 5.78. The second-order valence-corrected chi connectivity index (χ2v) is 11.2. The fraction of sp³-hybridized carbons (Fsp3) is 0. The zero-order valence-electron chi connectivity index (χ0n) is 24.3. The molecule has 0 N–H and O–H groups in total. The van der Waals surface area contributed by atoms with E-state index in [1.165, 1.54) is 21.5 Å². The molecule has 0 radical (unpaired) electrons. The highest BCUT2D eigenvalue weighted by atomic mass is 15.1. The zero-order valence-corrected chi connectivity index (χ0v) is 24.3. The predicted molar refractivity (Wildman–Crippen MR) is 185 cm³/mol. The van der Waals surface area contributed by atoms with Crippen LogP contribution in [0.1, 0.15) is 0 Å². The molecule has 7 aromatic carbocycles. The first-order valence-electron chi connectivity index (χ1n) is 15.1. The van der Waals surface area contributed by atoms with Gasteiger partial charge >= 0.3 is 0 Å². The van der Waals surface area contributed by atoms with Crippen molar-refractivity contribution in [3.8, 4) is 39.9 Å². The van der Waals surface area contributed by atoms with Gasteiger partial charge in [-0.05, 0) is 51.9 Å². The smallest absolute Gasteiger partial charge is 0.166 e. The van der Waals surface area contributed by atoms with Crippen molar-refractivity contribution in [1.82, 2.24) is 19.5 Å². The van der Waals surface area contributed by atoms with E-state index < -0.39 is 0 Å². The van der Waals surface area contributed by atoms with E-state index in [0.29, 0.717) is 17.5 Å². The summed E-state index contributed by atoms with van der Waals surface area (Å²) in [7, 11) is 0. The average Bonchev–Trinajstić information content (AvgIpc) is 3.46. The predicted octanol–water partition coefficient (Wildman–Crippen LogP) is 10.3. The quantitative estimate of drug-likeness (QED) is 0.196. The third-order valence-electron chi connectivity index (χ3n) is 8.64. The lowest BCUT2D eigenvalue weighted by molar-refractivity contribution is 1.07. The Balaban J connectivity index is 1.35. The number of hydrogen-bond acceptors (Lipinski definition) is 3. The van der Waals surface area contributed by atoms with Crippen molar-refractivity contribution in [2.75, 3.05) is 0 Å². The van der Waals surface area contributed by atoms with Crippen LogP contribution in [0.2, 0.25) is 0 Å². The fourth-order valence-corrected chi connectivity index (χ4v) is 6.61. The van der Waals surface area contributed by atoms with Crippen molar-refractivity contribution in [3.63, 3.8) is 0 Å². The number of fused-ring (bicyclic) bond motifs is 6. The van der Waals surface area contributed by atoms with Gasteiger partial charge in [0.1, 0.15) is 0 Å². The van der Waals surface area contributed by atoms with Crippen molar-refractivity contribution in [3.05, 3.63) is 158 Å². The van der Waals surface area contributed by atoms with Gasteiger partial charge in [0, 0.05) is 27.5 Å². The van der Waals surface area contributed by atoms with Gasteiger partial charge in [-0.2, -0.15) is 0 Å². The van der Waals surface area contributed by atoms with Gasteiger partial charge in [-0.25, -0.2) is 15.0 Å². The van der Waals surface area contributed by atoms with E-state index >= 15 is 0 Å². The van der Waals surface area contributed by atoms with Gasteiger partial charge in [0.15, 0.2) is 17.5 Å². The molecule has 0 bridgehead atoms. The van der Waals surface area contributed by atoms with Gasteiger partial charge in [-0.15, -0.1) is 0 Å². The molecule has 0 aliphatic carbocycles. The molecule has 0 fully saturated rings. The van der Waals surface area contributed by atoms with Crippen LogP contribution in [0.5, 0.6) is 0 Å². The molecule has 0 saturated heterocycles. The van der Waals surface area contributed by atoms with E-state index in [2.05, 4.69) is 144 Å². The molecular formula is C41H26N4. The van der Waals surface area contributed by atoms with Crippen LogP contribution in [0.25, 0.3) is 83.2 Å². The molecular weight excluding hydrogens is 548 g/mol. The lowest BCUT2D eigenvalue weighted by Crippen LogP contribution is -2.03. The standard InChI is InChI=1S/C41H26N4/c1-2-14-27(15-3-1)39-42-40(44-41(43-39)35-26-28-16-4-5-17-29(28)30-18-6-7-19-31(30)35)34-22-10-13-25-38(34)45-36-23-11-8-20-32(36)33-21-9-12-24-37(33)45/h1-26H. The summed E-state index contributed by atoms with van der Waals surface area (Å²) >= 11 is 0. The summed E-state index contributed by atoms with van der Waals surface area (Å²) in [6.45, 7) is 0. The van der Waals surface area contributed by atoms with E-state index in [1.807, 2.05) is 18.2 Å². The number of aromatic nitrogens is 4. The molecule has 9 rings (SSSR count). The van der Waals surface area contributed by atoms with E-state index in [-0.39, 0.29) is 0 Å². The van der Waals surface area contributed by atoms with Crippen LogP contribution in [0.4, 0.5) is 0 Å². The van der Waals surface area contributed by atoms with Gasteiger partial charge in [-0.1, -0.05) is 127 Å². The lowest BCUT2D eigenvalue weighted by Gasteiger charge is -2.15. The molecule has 45 heavy (non-hydrogen) atoms. The summed E-state index contributed by atoms with van der Waals surface area (Å²) in [6, 6.07) is 55.0. The maximum atomic E-state index is 5.25. The number of nitrogens with zero attached hydrogens (tertiary/aromatic N) is 4. The average molecular weight is 575 g/mol. The molecule has 0 amide bonds. The molecule has 0 aliphatic heterocycles. The largest absolute Gasteiger partial charge is 0.309 e. The summed E-state index contributed by atoms with van der Waals surface area (Å²) in [4.78, 5) is 15.5. The maximum Gasteiger partial charge on any atom is 0.166 e. The van der Waals surface area contributed by atoms with Gasteiger partial charge in [-0.3, -0.25) is 0 Å². The second-order valence-electron chi connectivity index (χ2n) is 11.2. The molecule has 0 unspecified atom stereocenters. The Morgan fingerprint density at radius 1 is 0.356 bits per heavy atom. The normalized spacial score (nSPS) is 11.6. The van der Waals surface area contributed by atoms with Crippen molar-refractivity contribution in [1.29, 1.82) is 0 Å². The van der Waals surface area contributed by atoms with E-state index in [0.717, 1.165) is 44.2 Å². The van der Waals surface area contributed by atoms with Crippen LogP contribution in [0, 0.1) is 0 Å². The molecule has 2 heterocycles. The minimum absolute atomic E-state index is 0.633. The fourth-order valence-electron chi connectivity index (χ4n) is 6.61.